The maximum Gasteiger partial charge on any atom is 0.259 e. The molecule has 2 heterocycles. The maximum absolute atomic E-state index is 12.8. The van der Waals surface area contributed by atoms with Crippen LogP contribution in [0.3, 0.4) is 0 Å². The fourth-order valence-electron chi connectivity index (χ4n) is 3.20. The van der Waals surface area contributed by atoms with Gasteiger partial charge < -0.3 is 30.3 Å². The smallest absolute Gasteiger partial charge is 0.259 e. The van der Waals surface area contributed by atoms with Crippen molar-refractivity contribution in [3.63, 3.8) is 0 Å². The number of ether oxygens (including phenoxy) is 1. The molecule has 0 aliphatic carbocycles. The molecular formula is C20H20N4O5. The highest BCUT2D eigenvalue weighted by atomic mass is 16.5. The van der Waals surface area contributed by atoms with Crippen LogP contribution in [0.25, 0.3) is 11.0 Å². The first-order valence-corrected chi connectivity index (χ1v) is 9.07. The van der Waals surface area contributed by atoms with Gasteiger partial charge in [-0.1, -0.05) is 22.9 Å². The number of rotatable bonds is 4. The van der Waals surface area contributed by atoms with Gasteiger partial charge in [0.05, 0.1) is 12.0 Å². The Bertz CT molecular complexity index is 1060. The number of benzene rings is 2. The van der Waals surface area contributed by atoms with Gasteiger partial charge in [-0.05, 0) is 31.2 Å². The number of carbonyl (C=O) groups is 2. The summed E-state index contributed by atoms with van der Waals surface area (Å²) in [6.45, 7) is 2.50. The summed E-state index contributed by atoms with van der Waals surface area (Å²) in [6.07, 6.45) is -2.97. The number of morpholine rings is 1. The summed E-state index contributed by atoms with van der Waals surface area (Å²) >= 11 is 0. The number of anilines is 3. The molecule has 1 aromatic heterocycles. The predicted molar refractivity (Wildman–Crippen MR) is 106 cm³/mol. The lowest BCUT2D eigenvalue weighted by Crippen LogP contribution is -2.55. The molecule has 0 spiro atoms. The Hall–Kier alpha value is -3.43. The van der Waals surface area contributed by atoms with E-state index in [4.69, 9.17) is 15.0 Å². The van der Waals surface area contributed by atoms with Crippen LogP contribution in [0.5, 0.6) is 0 Å². The van der Waals surface area contributed by atoms with Crippen molar-refractivity contribution < 1.29 is 24.0 Å². The lowest BCUT2D eigenvalue weighted by Gasteiger charge is -2.34. The lowest BCUT2D eigenvalue weighted by molar-refractivity contribution is -0.150. The molecule has 150 valence electrons. The third-order valence-corrected chi connectivity index (χ3v) is 4.79. The SMILES string of the molecule is Cc1ccc(N2CCO[C@H]([C@@H](O)C(=O)Nc3ccc4c(N)noc4c3)C2=O)cc1. The van der Waals surface area contributed by atoms with E-state index < -0.39 is 24.0 Å². The van der Waals surface area contributed by atoms with Crippen LogP contribution >= 0.6 is 0 Å². The van der Waals surface area contributed by atoms with E-state index in [0.29, 0.717) is 28.9 Å². The molecule has 0 saturated carbocycles. The normalized spacial score (nSPS) is 18.1. The Balaban J connectivity index is 1.48. The van der Waals surface area contributed by atoms with Gasteiger partial charge in [-0.25, -0.2) is 0 Å². The molecule has 29 heavy (non-hydrogen) atoms. The monoisotopic (exact) mass is 396 g/mol. The number of nitrogens with one attached hydrogen (secondary N) is 1. The van der Waals surface area contributed by atoms with Crippen molar-refractivity contribution >= 4 is 40.0 Å². The van der Waals surface area contributed by atoms with Gasteiger partial charge in [0.25, 0.3) is 11.8 Å². The van der Waals surface area contributed by atoms with Gasteiger partial charge in [0.15, 0.2) is 23.6 Å². The van der Waals surface area contributed by atoms with Gasteiger partial charge in [-0.15, -0.1) is 0 Å². The second-order valence-electron chi connectivity index (χ2n) is 6.83. The molecule has 2 amide bonds. The summed E-state index contributed by atoms with van der Waals surface area (Å²) in [7, 11) is 0. The summed E-state index contributed by atoms with van der Waals surface area (Å²) in [5, 5.41) is 17.3. The van der Waals surface area contributed by atoms with E-state index in [-0.39, 0.29) is 12.4 Å². The van der Waals surface area contributed by atoms with E-state index in [1.165, 1.54) is 11.0 Å². The van der Waals surface area contributed by atoms with Crippen molar-refractivity contribution in [2.75, 3.05) is 29.1 Å². The van der Waals surface area contributed by atoms with Gasteiger partial charge >= 0.3 is 0 Å². The highest BCUT2D eigenvalue weighted by Crippen LogP contribution is 2.25. The van der Waals surface area contributed by atoms with Crippen LogP contribution < -0.4 is 16.0 Å². The Morgan fingerprint density at radius 1 is 1.31 bits per heavy atom. The summed E-state index contributed by atoms with van der Waals surface area (Å²) in [6, 6.07) is 12.2. The quantitative estimate of drug-likeness (QED) is 0.608. The van der Waals surface area contributed by atoms with E-state index in [1.54, 1.807) is 12.1 Å². The zero-order valence-electron chi connectivity index (χ0n) is 15.7. The lowest BCUT2D eigenvalue weighted by atomic mass is 10.1. The Kier molecular flexibility index (Phi) is 4.91. The molecule has 3 aromatic rings. The first kappa shape index (κ1) is 18.9. The molecule has 1 saturated heterocycles. The topological polar surface area (TPSA) is 131 Å². The van der Waals surface area contributed by atoms with Crippen LogP contribution in [0.15, 0.2) is 47.0 Å². The third-order valence-electron chi connectivity index (χ3n) is 4.79. The molecular weight excluding hydrogens is 376 g/mol. The summed E-state index contributed by atoms with van der Waals surface area (Å²) in [4.78, 5) is 26.8. The van der Waals surface area contributed by atoms with Crippen molar-refractivity contribution in [3.05, 3.63) is 48.0 Å². The number of nitrogen functional groups attached to an aromatic ring is 1. The van der Waals surface area contributed by atoms with Gasteiger partial charge in [0, 0.05) is 24.0 Å². The summed E-state index contributed by atoms with van der Waals surface area (Å²) in [5.74, 6) is -0.988. The van der Waals surface area contributed by atoms with E-state index in [0.717, 1.165) is 5.56 Å². The Morgan fingerprint density at radius 2 is 2.07 bits per heavy atom. The number of carbonyl (C=O) groups excluding carboxylic acids is 2. The van der Waals surface area contributed by atoms with Crippen LogP contribution in [-0.4, -0.2) is 47.4 Å². The first-order chi connectivity index (χ1) is 13.9. The average molecular weight is 396 g/mol. The number of aliphatic hydroxyl groups is 1. The number of hydrogen-bond donors (Lipinski definition) is 3. The second kappa shape index (κ2) is 7.53. The van der Waals surface area contributed by atoms with Crippen LogP contribution in [-0.2, 0) is 14.3 Å². The number of aliphatic hydroxyl groups excluding tert-OH is 1. The first-order valence-electron chi connectivity index (χ1n) is 9.07. The van der Waals surface area contributed by atoms with Crippen LogP contribution in [0.4, 0.5) is 17.2 Å². The highest BCUT2D eigenvalue weighted by molar-refractivity contribution is 6.04. The average Bonchev–Trinajstić information content (AvgIpc) is 3.08. The number of aryl methyl sites for hydroxylation is 1. The van der Waals surface area contributed by atoms with Crippen molar-refractivity contribution in [3.8, 4) is 0 Å². The molecule has 1 aliphatic heterocycles. The van der Waals surface area contributed by atoms with Crippen molar-refractivity contribution in [2.45, 2.75) is 19.1 Å². The van der Waals surface area contributed by atoms with Gasteiger partial charge in [0.1, 0.15) is 0 Å². The van der Waals surface area contributed by atoms with Crippen molar-refractivity contribution in [2.24, 2.45) is 0 Å². The van der Waals surface area contributed by atoms with E-state index >= 15 is 0 Å². The Labute approximate surface area is 166 Å². The number of aromatic nitrogens is 1. The molecule has 0 unspecified atom stereocenters. The minimum absolute atomic E-state index is 0.206. The van der Waals surface area contributed by atoms with Gasteiger partial charge in [0.2, 0.25) is 0 Å². The number of nitrogens with zero attached hydrogens (tertiary/aromatic N) is 2. The molecule has 0 bridgehead atoms. The minimum atomic E-state index is -1.67. The number of nitrogens with two attached hydrogens (primary N) is 1. The fraction of sp³-hybridized carbons (Fsp3) is 0.250. The van der Waals surface area contributed by atoms with E-state index in [2.05, 4.69) is 10.5 Å². The molecule has 1 aliphatic rings. The van der Waals surface area contributed by atoms with Crippen LogP contribution in [0.2, 0.25) is 0 Å². The van der Waals surface area contributed by atoms with Gasteiger partial charge in [-0.2, -0.15) is 0 Å². The minimum Gasteiger partial charge on any atom is -0.380 e. The largest absolute Gasteiger partial charge is 0.380 e. The molecule has 9 nitrogen and oxygen atoms in total. The van der Waals surface area contributed by atoms with Crippen molar-refractivity contribution in [1.82, 2.24) is 5.16 Å². The molecule has 0 radical (unpaired) electrons. The number of amides is 2. The molecule has 9 heteroatoms. The zero-order chi connectivity index (χ0) is 20.5. The summed E-state index contributed by atoms with van der Waals surface area (Å²) in [5.41, 5.74) is 8.19. The second-order valence-corrected chi connectivity index (χ2v) is 6.83. The molecule has 4 N–H and O–H groups in total. The third kappa shape index (κ3) is 3.65. The van der Waals surface area contributed by atoms with E-state index in [9.17, 15) is 14.7 Å². The molecule has 2 atom stereocenters. The van der Waals surface area contributed by atoms with Crippen LogP contribution in [0.1, 0.15) is 5.56 Å². The Morgan fingerprint density at radius 3 is 2.83 bits per heavy atom. The van der Waals surface area contributed by atoms with Crippen molar-refractivity contribution in [1.29, 1.82) is 0 Å². The molecule has 1 fully saturated rings. The number of fused-ring (bicyclic) bond motifs is 1. The van der Waals surface area contributed by atoms with E-state index in [1.807, 2.05) is 31.2 Å². The predicted octanol–water partition coefficient (Wildman–Crippen LogP) is 1.45. The number of hydrogen-bond acceptors (Lipinski definition) is 7. The maximum atomic E-state index is 12.8. The van der Waals surface area contributed by atoms with Crippen LogP contribution in [0, 0.1) is 6.92 Å². The molecule has 2 aromatic carbocycles. The zero-order valence-corrected chi connectivity index (χ0v) is 15.7. The van der Waals surface area contributed by atoms with Gasteiger partial charge in [-0.3, -0.25) is 9.59 Å². The molecule has 4 rings (SSSR count). The fourth-order valence-corrected chi connectivity index (χ4v) is 3.20. The summed E-state index contributed by atoms with van der Waals surface area (Å²) < 4.78 is 10.5. The standard InChI is InChI=1S/C20H20N4O5/c1-11-2-5-13(6-3-11)24-8-9-28-17(20(24)27)16(25)19(26)22-12-4-7-14-15(10-12)29-23-18(14)21/h2-7,10,16-17,25H,8-9H2,1H3,(H2,21,23)(H,22,26)/t16-,17-/m1/s1. The highest BCUT2D eigenvalue weighted by Gasteiger charge is 2.39.